The lowest BCUT2D eigenvalue weighted by Crippen LogP contribution is -2.52. The number of aryl methyl sites for hydroxylation is 1. The topological polar surface area (TPSA) is 122 Å². The Morgan fingerprint density at radius 3 is 2.27 bits per heavy atom. The Morgan fingerprint density at radius 2 is 1.68 bits per heavy atom. The highest BCUT2D eigenvalue weighted by atomic mass is 32.2. The summed E-state index contributed by atoms with van der Waals surface area (Å²) in [6.45, 7) is 12.2. The Labute approximate surface area is 243 Å². The average Bonchev–Trinajstić information content (AvgIpc) is 3.26. The fourth-order valence-corrected chi connectivity index (χ4v) is 5.88. The van der Waals surface area contributed by atoms with E-state index in [0.717, 1.165) is 24.8 Å². The number of benzene rings is 2. The minimum atomic E-state index is -3.96. The summed E-state index contributed by atoms with van der Waals surface area (Å²) in [5, 5.41) is 6.79. The van der Waals surface area contributed by atoms with Gasteiger partial charge in [0.1, 0.15) is 11.8 Å². The van der Waals surface area contributed by atoms with Crippen molar-refractivity contribution in [2.75, 3.05) is 11.3 Å². The van der Waals surface area contributed by atoms with E-state index in [4.69, 9.17) is 4.52 Å². The Balaban J connectivity index is 1.91. The maximum Gasteiger partial charge on any atom is 0.263 e. The molecule has 10 heteroatoms. The molecule has 1 heterocycles. The molecule has 3 rings (SSSR count). The molecule has 0 saturated carbocycles. The molecule has 2 N–H and O–H groups in total. The van der Waals surface area contributed by atoms with Gasteiger partial charge in [-0.1, -0.05) is 81.7 Å². The molecule has 0 fully saturated rings. The summed E-state index contributed by atoms with van der Waals surface area (Å²) in [5.41, 5.74) is 2.70. The number of rotatable bonds is 14. The highest BCUT2D eigenvalue weighted by Gasteiger charge is 2.32. The molecule has 9 nitrogen and oxygen atoms in total. The molecule has 0 aliphatic rings. The molecular formula is C31H42N4O5S. The molecule has 0 bridgehead atoms. The first-order valence-electron chi connectivity index (χ1n) is 14.2. The second-order valence-corrected chi connectivity index (χ2v) is 12.3. The summed E-state index contributed by atoms with van der Waals surface area (Å²) >= 11 is 0. The molecule has 41 heavy (non-hydrogen) atoms. The summed E-state index contributed by atoms with van der Waals surface area (Å²) in [6.07, 6.45) is 2.83. The molecule has 1 aromatic heterocycles. The van der Waals surface area contributed by atoms with Crippen LogP contribution < -0.4 is 10.0 Å². The Morgan fingerprint density at radius 1 is 1.00 bits per heavy atom. The van der Waals surface area contributed by atoms with Gasteiger partial charge < -0.3 is 14.7 Å². The molecule has 222 valence electrons. The molecule has 0 radical (unpaired) electrons. The molecular weight excluding hydrogens is 540 g/mol. The number of amides is 2. The number of hydrogen-bond donors (Lipinski definition) is 2. The normalized spacial score (nSPS) is 12.3. The van der Waals surface area contributed by atoms with E-state index < -0.39 is 16.1 Å². The van der Waals surface area contributed by atoms with E-state index in [1.165, 1.54) is 0 Å². The minimum absolute atomic E-state index is 0.0535. The van der Waals surface area contributed by atoms with Gasteiger partial charge in [0, 0.05) is 30.6 Å². The van der Waals surface area contributed by atoms with E-state index in [0.29, 0.717) is 35.4 Å². The first-order valence-corrected chi connectivity index (χ1v) is 15.7. The van der Waals surface area contributed by atoms with Crippen LogP contribution in [0.2, 0.25) is 0 Å². The van der Waals surface area contributed by atoms with Crippen LogP contribution in [0.25, 0.3) is 11.1 Å². The van der Waals surface area contributed by atoms with Crippen LogP contribution in [0, 0.1) is 19.8 Å². The van der Waals surface area contributed by atoms with Gasteiger partial charge >= 0.3 is 0 Å². The number of aromatic nitrogens is 1. The Kier molecular flexibility index (Phi) is 11.1. The third kappa shape index (κ3) is 7.97. The van der Waals surface area contributed by atoms with E-state index in [-0.39, 0.29) is 35.0 Å². The van der Waals surface area contributed by atoms with Crippen molar-refractivity contribution in [2.24, 2.45) is 5.92 Å². The van der Waals surface area contributed by atoms with Crippen LogP contribution in [-0.2, 0) is 26.2 Å². The van der Waals surface area contributed by atoms with Gasteiger partial charge in [-0.05, 0) is 49.8 Å². The largest absolute Gasteiger partial charge is 0.359 e. The van der Waals surface area contributed by atoms with Gasteiger partial charge in [-0.2, -0.15) is 0 Å². The highest BCUT2D eigenvalue weighted by Crippen LogP contribution is 2.30. The smallest absolute Gasteiger partial charge is 0.263 e. The summed E-state index contributed by atoms with van der Waals surface area (Å²) in [5.74, 6) is 0.424. The standard InChI is InChI=1S/C31H42N4O5S/c1-7-9-14-28(36)35(29(21(3)4)31(37)32-19-8-2)20-24-15-17-25(18-16-24)26-12-10-11-13-27(26)41(38,39)34-30-22(5)23(6)40-33-30/h10-13,15-18,21,29H,7-9,14,19-20H2,1-6H3,(H,32,37)(H,33,34)/t29-/m0/s1. The second kappa shape index (κ2) is 14.3. The maximum absolute atomic E-state index is 13.3. The minimum Gasteiger partial charge on any atom is -0.359 e. The van der Waals surface area contributed by atoms with Gasteiger partial charge in [0.25, 0.3) is 10.0 Å². The van der Waals surface area contributed by atoms with E-state index in [2.05, 4.69) is 15.2 Å². The van der Waals surface area contributed by atoms with Crippen LogP contribution in [0.3, 0.4) is 0 Å². The van der Waals surface area contributed by atoms with Crippen LogP contribution in [0.5, 0.6) is 0 Å². The van der Waals surface area contributed by atoms with Crippen molar-refractivity contribution < 1.29 is 22.5 Å². The van der Waals surface area contributed by atoms with Crippen molar-refractivity contribution in [3.05, 3.63) is 65.4 Å². The zero-order chi connectivity index (χ0) is 30.2. The lowest BCUT2D eigenvalue weighted by Gasteiger charge is -2.34. The van der Waals surface area contributed by atoms with Crippen molar-refractivity contribution in [3.63, 3.8) is 0 Å². The molecule has 1 atom stereocenters. The van der Waals surface area contributed by atoms with Gasteiger partial charge in [0.15, 0.2) is 5.82 Å². The van der Waals surface area contributed by atoms with Gasteiger partial charge in [-0.25, -0.2) is 8.42 Å². The summed E-state index contributed by atoms with van der Waals surface area (Å²) in [4.78, 5) is 28.2. The lowest BCUT2D eigenvalue weighted by atomic mass is 9.98. The molecule has 0 unspecified atom stereocenters. The van der Waals surface area contributed by atoms with Crippen molar-refractivity contribution in [3.8, 4) is 11.1 Å². The van der Waals surface area contributed by atoms with E-state index in [1.54, 1.807) is 43.0 Å². The van der Waals surface area contributed by atoms with Crippen LogP contribution in [0.1, 0.15) is 70.3 Å². The van der Waals surface area contributed by atoms with Crippen molar-refractivity contribution in [2.45, 2.75) is 84.7 Å². The number of nitrogens with zero attached hydrogens (tertiary/aromatic N) is 2. The SMILES string of the molecule is CCCCC(=O)N(Cc1ccc(-c2ccccc2S(=O)(=O)Nc2noc(C)c2C)cc1)[C@H](C(=O)NCCC)C(C)C. The zero-order valence-electron chi connectivity index (χ0n) is 24.9. The molecule has 0 aliphatic heterocycles. The van der Waals surface area contributed by atoms with Gasteiger partial charge in [0.2, 0.25) is 11.8 Å². The number of sulfonamides is 1. The zero-order valence-corrected chi connectivity index (χ0v) is 25.7. The van der Waals surface area contributed by atoms with E-state index in [1.807, 2.05) is 52.0 Å². The second-order valence-electron chi connectivity index (χ2n) is 10.6. The molecule has 3 aromatic rings. The third-order valence-electron chi connectivity index (χ3n) is 7.03. The van der Waals surface area contributed by atoms with Gasteiger partial charge in [-0.3, -0.25) is 14.3 Å². The molecule has 0 spiro atoms. The van der Waals surface area contributed by atoms with Crippen molar-refractivity contribution in [1.29, 1.82) is 0 Å². The molecule has 0 aliphatic carbocycles. The number of nitrogens with one attached hydrogen (secondary N) is 2. The Bertz CT molecular complexity index is 1430. The number of unbranched alkanes of at least 4 members (excludes halogenated alkanes) is 1. The summed E-state index contributed by atoms with van der Waals surface area (Å²) in [6, 6.07) is 13.6. The molecule has 2 aromatic carbocycles. The average molecular weight is 583 g/mol. The number of hydrogen-bond acceptors (Lipinski definition) is 6. The van der Waals surface area contributed by atoms with Crippen molar-refractivity contribution >= 4 is 27.7 Å². The molecule has 2 amide bonds. The van der Waals surface area contributed by atoms with E-state index >= 15 is 0 Å². The molecule has 0 saturated heterocycles. The number of anilines is 1. The third-order valence-corrected chi connectivity index (χ3v) is 8.43. The lowest BCUT2D eigenvalue weighted by molar-refractivity contribution is -0.143. The fraction of sp³-hybridized carbons (Fsp3) is 0.452. The van der Waals surface area contributed by atoms with E-state index in [9.17, 15) is 18.0 Å². The highest BCUT2D eigenvalue weighted by molar-refractivity contribution is 7.92. The summed E-state index contributed by atoms with van der Waals surface area (Å²) in [7, 11) is -3.96. The van der Waals surface area contributed by atoms with Crippen LogP contribution in [-0.4, -0.2) is 42.9 Å². The number of carbonyl (C=O) groups is 2. The van der Waals surface area contributed by atoms with Crippen LogP contribution in [0.15, 0.2) is 57.9 Å². The van der Waals surface area contributed by atoms with Gasteiger partial charge in [-0.15, -0.1) is 0 Å². The first kappa shape index (κ1) is 31.9. The number of carbonyl (C=O) groups excluding carboxylic acids is 2. The summed E-state index contributed by atoms with van der Waals surface area (Å²) < 4.78 is 34.3. The predicted molar refractivity (Wildman–Crippen MR) is 161 cm³/mol. The van der Waals surface area contributed by atoms with Crippen molar-refractivity contribution in [1.82, 2.24) is 15.4 Å². The van der Waals surface area contributed by atoms with Crippen LogP contribution >= 0.6 is 0 Å². The predicted octanol–water partition coefficient (Wildman–Crippen LogP) is 5.83. The first-order chi connectivity index (χ1) is 19.5. The van der Waals surface area contributed by atoms with Crippen LogP contribution in [0.4, 0.5) is 5.82 Å². The monoisotopic (exact) mass is 582 g/mol. The quantitative estimate of drug-likeness (QED) is 0.247. The fourth-order valence-electron chi connectivity index (χ4n) is 4.59. The Hall–Kier alpha value is -3.66. The maximum atomic E-state index is 13.3. The van der Waals surface area contributed by atoms with Gasteiger partial charge in [0.05, 0.1) is 4.90 Å².